The van der Waals surface area contributed by atoms with Crippen molar-refractivity contribution in [3.8, 4) is 40.2 Å². The molecule has 0 aliphatic carbocycles. The molecule has 6 N–H and O–H groups in total. The van der Waals surface area contributed by atoms with Gasteiger partial charge in [-0.2, -0.15) is 0 Å². The molecule has 5 rings (SSSR count). The van der Waals surface area contributed by atoms with E-state index in [1.807, 2.05) is 0 Å². The van der Waals surface area contributed by atoms with E-state index in [1.165, 1.54) is 19.2 Å². The van der Waals surface area contributed by atoms with E-state index in [1.54, 1.807) is 18.2 Å². The predicted molar refractivity (Wildman–Crippen MR) is 119 cm³/mol. The van der Waals surface area contributed by atoms with Gasteiger partial charge < -0.3 is 44.8 Å². The van der Waals surface area contributed by atoms with Crippen LogP contribution in [-0.4, -0.2) is 56.2 Å². The molecule has 0 radical (unpaired) electrons. The standard InChI is InChI=1S/C25H22O10/c1-33-18-6-10(2-3-15(18)28)23-14(9-26)13-4-11(5-17(30)25(13)35-23)24-22(32)21(31)20-16(29)7-12(27)8-19(20)34-24/h2-8,14,22-24,26-30,32H,9H2,1H3/t14-,22-,23-,24-/m0/s1. The molecule has 0 amide bonds. The Kier molecular flexibility index (Phi) is 5.34. The van der Waals surface area contributed by atoms with E-state index in [-0.39, 0.29) is 52.2 Å². The van der Waals surface area contributed by atoms with E-state index in [2.05, 4.69) is 0 Å². The molecule has 2 aliphatic heterocycles. The summed E-state index contributed by atoms with van der Waals surface area (Å²) in [5.74, 6) is -2.45. The lowest BCUT2D eigenvalue weighted by Crippen LogP contribution is -2.36. The first-order valence-corrected chi connectivity index (χ1v) is 10.7. The number of carbonyl (C=O) groups is 1. The zero-order valence-electron chi connectivity index (χ0n) is 18.4. The maximum absolute atomic E-state index is 12.8. The van der Waals surface area contributed by atoms with Crippen molar-refractivity contribution >= 4 is 5.78 Å². The molecule has 0 bridgehead atoms. The van der Waals surface area contributed by atoms with Gasteiger partial charge in [0.1, 0.15) is 28.9 Å². The Labute approximate surface area is 198 Å². The number of hydrogen-bond donors (Lipinski definition) is 6. The van der Waals surface area contributed by atoms with E-state index in [0.29, 0.717) is 11.1 Å². The summed E-state index contributed by atoms with van der Waals surface area (Å²) in [5, 5.41) is 61.3. The molecule has 0 saturated carbocycles. The third-order valence-electron chi connectivity index (χ3n) is 6.31. The third kappa shape index (κ3) is 3.54. The Morgan fingerprint density at radius 2 is 1.66 bits per heavy atom. The van der Waals surface area contributed by atoms with Crippen LogP contribution in [0.15, 0.2) is 42.5 Å². The van der Waals surface area contributed by atoms with Crippen molar-refractivity contribution in [2.75, 3.05) is 13.7 Å². The normalized spacial score (nSPS) is 22.7. The highest BCUT2D eigenvalue weighted by molar-refractivity contribution is 6.05. The van der Waals surface area contributed by atoms with E-state index in [0.717, 1.165) is 12.1 Å². The first-order chi connectivity index (χ1) is 16.7. The number of aliphatic hydroxyl groups excluding tert-OH is 2. The van der Waals surface area contributed by atoms with Gasteiger partial charge in [-0.1, -0.05) is 6.07 Å². The highest BCUT2D eigenvalue weighted by atomic mass is 16.5. The molecule has 0 aromatic heterocycles. The van der Waals surface area contributed by atoms with Crippen LogP contribution in [0.2, 0.25) is 0 Å². The second kappa shape index (κ2) is 8.26. The van der Waals surface area contributed by atoms with Gasteiger partial charge in [0.05, 0.1) is 19.6 Å². The summed E-state index contributed by atoms with van der Waals surface area (Å²) >= 11 is 0. The Hall–Kier alpha value is -4.15. The molecule has 10 heteroatoms. The second-order valence-corrected chi connectivity index (χ2v) is 8.40. The average Bonchev–Trinajstić information content (AvgIpc) is 3.20. The highest BCUT2D eigenvalue weighted by Gasteiger charge is 2.42. The molecule has 10 nitrogen and oxygen atoms in total. The molecule has 2 aliphatic rings. The molecular formula is C25H22O10. The predicted octanol–water partition coefficient (Wildman–Crippen LogP) is 2.40. The van der Waals surface area contributed by atoms with Crippen LogP contribution < -0.4 is 14.2 Å². The highest BCUT2D eigenvalue weighted by Crippen LogP contribution is 2.52. The minimum atomic E-state index is -1.71. The zero-order chi connectivity index (χ0) is 25.0. The number of aromatic hydroxyl groups is 4. The van der Waals surface area contributed by atoms with Gasteiger partial charge in [-0.25, -0.2) is 0 Å². The number of phenols is 4. The molecule has 182 valence electrons. The maximum Gasteiger partial charge on any atom is 0.202 e. The average molecular weight is 482 g/mol. The SMILES string of the molecule is COc1cc([C@@H]2Oc3c(O)cc([C@@H]4Oc5cc(O)cc(O)c5C(=O)[C@@H]4O)cc3[C@@H]2CO)ccc1O. The number of benzene rings is 3. The molecule has 0 saturated heterocycles. The Balaban J connectivity index is 1.54. The van der Waals surface area contributed by atoms with Crippen LogP contribution in [0, 0.1) is 0 Å². The van der Waals surface area contributed by atoms with Gasteiger partial charge in [0, 0.05) is 17.7 Å². The van der Waals surface area contributed by atoms with Gasteiger partial charge >= 0.3 is 0 Å². The first kappa shape index (κ1) is 22.6. The topological polar surface area (TPSA) is 166 Å². The fraction of sp³-hybridized carbons (Fsp3) is 0.240. The van der Waals surface area contributed by atoms with Crippen LogP contribution >= 0.6 is 0 Å². The maximum atomic E-state index is 12.8. The van der Waals surface area contributed by atoms with Gasteiger partial charge in [0.25, 0.3) is 0 Å². The van der Waals surface area contributed by atoms with Crippen molar-refractivity contribution in [3.05, 3.63) is 64.7 Å². The van der Waals surface area contributed by atoms with Crippen molar-refractivity contribution in [1.82, 2.24) is 0 Å². The number of Topliss-reactive ketones (excluding diaryl/α,β-unsaturated/α-hetero) is 1. The smallest absolute Gasteiger partial charge is 0.202 e. The van der Waals surface area contributed by atoms with Crippen LogP contribution in [0.1, 0.15) is 45.2 Å². The Bertz CT molecular complexity index is 1330. The third-order valence-corrected chi connectivity index (χ3v) is 6.31. The van der Waals surface area contributed by atoms with E-state index < -0.39 is 35.8 Å². The van der Waals surface area contributed by atoms with Crippen LogP contribution in [0.3, 0.4) is 0 Å². The fourth-order valence-corrected chi connectivity index (χ4v) is 4.63. The molecule has 2 heterocycles. The number of hydrogen-bond acceptors (Lipinski definition) is 10. The van der Waals surface area contributed by atoms with Crippen molar-refractivity contribution in [2.24, 2.45) is 0 Å². The molecule has 4 atom stereocenters. The molecule has 3 aromatic rings. The number of fused-ring (bicyclic) bond motifs is 2. The summed E-state index contributed by atoms with van der Waals surface area (Å²) in [5.41, 5.74) is 0.976. The van der Waals surface area contributed by atoms with Gasteiger partial charge in [-0.05, 0) is 35.4 Å². The lowest BCUT2D eigenvalue weighted by Gasteiger charge is -2.30. The summed E-state index contributed by atoms with van der Waals surface area (Å²) in [6.07, 6.45) is -3.69. The molecule has 0 unspecified atom stereocenters. The number of methoxy groups -OCH3 is 1. The molecule has 0 spiro atoms. The minimum absolute atomic E-state index is 0.0668. The van der Waals surface area contributed by atoms with Crippen molar-refractivity contribution in [3.63, 3.8) is 0 Å². The summed E-state index contributed by atoms with van der Waals surface area (Å²) in [7, 11) is 1.40. The number of aliphatic hydroxyl groups is 2. The van der Waals surface area contributed by atoms with Crippen molar-refractivity contribution in [2.45, 2.75) is 24.2 Å². The van der Waals surface area contributed by atoms with E-state index in [9.17, 15) is 35.4 Å². The van der Waals surface area contributed by atoms with Crippen LogP contribution in [0.25, 0.3) is 0 Å². The Morgan fingerprint density at radius 1 is 0.886 bits per heavy atom. The van der Waals surface area contributed by atoms with E-state index >= 15 is 0 Å². The summed E-state index contributed by atoms with van der Waals surface area (Å²) in [4.78, 5) is 12.8. The number of carbonyl (C=O) groups excluding carboxylic acids is 1. The summed E-state index contributed by atoms with van der Waals surface area (Å²) < 4.78 is 16.9. The van der Waals surface area contributed by atoms with Gasteiger partial charge in [0.2, 0.25) is 5.78 Å². The monoisotopic (exact) mass is 482 g/mol. The van der Waals surface area contributed by atoms with Crippen molar-refractivity contribution < 1.29 is 49.6 Å². The quantitative estimate of drug-likeness (QED) is 0.325. The van der Waals surface area contributed by atoms with Gasteiger partial charge in [-0.3, -0.25) is 4.79 Å². The van der Waals surface area contributed by atoms with Crippen molar-refractivity contribution in [1.29, 1.82) is 0 Å². The molecule has 35 heavy (non-hydrogen) atoms. The number of ketones is 1. The number of rotatable bonds is 4. The van der Waals surface area contributed by atoms with Crippen LogP contribution in [-0.2, 0) is 0 Å². The second-order valence-electron chi connectivity index (χ2n) is 8.40. The number of ether oxygens (including phenoxy) is 3. The van der Waals surface area contributed by atoms with Gasteiger partial charge in [0.15, 0.2) is 35.2 Å². The molecule has 0 fully saturated rings. The summed E-state index contributed by atoms with van der Waals surface area (Å²) in [6, 6.07) is 9.56. The summed E-state index contributed by atoms with van der Waals surface area (Å²) in [6.45, 7) is -0.360. The van der Waals surface area contributed by atoms with Crippen LogP contribution in [0.4, 0.5) is 0 Å². The lowest BCUT2D eigenvalue weighted by atomic mass is 9.87. The molecular weight excluding hydrogens is 460 g/mol. The van der Waals surface area contributed by atoms with Crippen LogP contribution in [0.5, 0.6) is 40.2 Å². The zero-order valence-corrected chi connectivity index (χ0v) is 18.4. The lowest BCUT2D eigenvalue weighted by molar-refractivity contribution is 0.0209. The Morgan fingerprint density at radius 3 is 2.37 bits per heavy atom. The first-order valence-electron chi connectivity index (χ1n) is 10.7. The van der Waals surface area contributed by atoms with E-state index in [4.69, 9.17) is 14.2 Å². The number of phenolic OH excluding ortho intramolecular Hbond substituents is 4. The minimum Gasteiger partial charge on any atom is -0.508 e. The molecule has 3 aromatic carbocycles. The fourth-order valence-electron chi connectivity index (χ4n) is 4.63. The van der Waals surface area contributed by atoms with Gasteiger partial charge in [-0.15, -0.1) is 0 Å². The largest absolute Gasteiger partial charge is 0.508 e.